The molecule has 2 heterocycles. The summed E-state index contributed by atoms with van der Waals surface area (Å²) in [4.78, 5) is 3.22. The molecule has 0 bridgehead atoms. The summed E-state index contributed by atoms with van der Waals surface area (Å²) in [5, 5.41) is 0. The molecule has 0 N–H and O–H groups in total. The Morgan fingerprint density at radius 2 is 2.12 bits per heavy atom. The molecule has 2 atom stereocenters. The van der Waals surface area contributed by atoms with Gasteiger partial charge in [-0.2, -0.15) is 0 Å². The Morgan fingerprint density at radius 1 is 1.35 bits per heavy atom. The zero-order valence-corrected chi connectivity index (χ0v) is 13.2. The van der Waals surface area contributed by atoms with Crippen molar-refractivity contribution in [1.29, 1.82) is 0 Å². The van der Waals surface area contributed by atoms with E-state index in [1.54, 1.807) is 0 Å². The van der Waals surface area contributed by atoms with Gasteiger partial charge in [-0.1, -0.05) is 36.7 Å². The molecule has 0 spiro atoms. The van der Waals surface area contributed by atoms with E-state index in [0.29, 0.717) is 10.9 Å². The molecule has 1 saturated heterocycles. The summed E-state index contributed by atoms with van der Waals surface area (Å²) in [6, 6.07) is 4.51. The van der Waals surface area contributed by atoms with Crippen molar-refractivity contribution in [3.63, 3.8) is 0 Å². The van der Waals surface area contributed by atoms with Crippen LogP contribution in [0.1, 0.15) is 54.6 Å². The monoisotopic (exact) mass is 316 g/mol. The molecule has 17 heavy (non-hydrogen) atoms. The third-order valence-corrected chi connectivity index (χ3v) is 6.16. The summed E-state index contributed by atoms with van der Waals surface area (Å²) in [5.41, 5.74) is 0.253. The first kappa shape index (κ1) is 13.6. The molecule has 0 aromatic carbocycles. The van der Waals surface area contributed by atoms with E-state index in [1.165, 1.54) is 29.0 Å². The van der Waals surface area contributed by atoms with Crippen LogP contribution < -0.4 is 0 Å². The Hall–Kier alpha value is 0.140. The molecule has 0 amide bonds. The third kappa shape index (κ3) is 3.33. The molecule has 2 unspecified atom stereocenters. The highest BCUT2D eigenvalue weighted by Gasteiger charge is 2.26. The van der Waals surface area contributed by atoms with E-state index in [-0.39, 0.29) is 5.41 Å². The minimum atomic E-state index is 0.253. The van der Waals surface area contributed by atoms with Gasteiger partial charge < -0.3 is 4.74 Å². The minimum Gasteiger partial charge on any atom is -0.377 e. The van der Waals surface area contributed by atoms with E-state index in [9.17, 15) is 0 Å². The van der Waals surface area contributed by atoms with Gasteiger partial charge in [0.15, 0.2) is 0 Å². The molecule has 1 fully saturated rings. The number of rotatable bonds is 2. The zero-order valence-electron chi connectivity index (χ0n) is 10.8. The predicted molar refractivity (Wildman–Crippen MR) is 78.3 cm³/mol. The molecule has 1 nitrogen and oxygen atoms in total. The lowest BCUT2D eigenvalue weighted by Gasteiger charge is -2.26. The van der Waals surface area contributed by atoms with E-state index in [4.69, 9.17) is 4.74 Å². The van der Waals surface area contributed by atoms with Gasteiger partial charge in [-0.05, 0) is 36.8 Å². The molecular formula is C14H21BrOS. The second kappa shape index (κ2) is 5.41. The lowest BCUT2D eigenvalue weighted by molar-refractivity contribution is 0.0165. The zero-order chi connectivity index (χ0) is 12.5. The van der Waals surface area contributed by atoms with Crippen LogP contribution in [0.15, 0.2) is 12.1 Å². The topological polar surface area (TPSA) is 9.23 Å². The SMILES string of the molecule is CC(C)(C)c1ccc(C(Br)C2CCCCO2)s1. The largest absolute Gasteiger partial charge is 0.377 e. The summed E-state index contributed by atoms with van der Waals surface area (Å²) in [5.74, 6) is 0. The van der Waals surface area contributed by atoms with Crippen molar-refractivity contribution in [2.75, 3.05) is 6.61 Å². The molecule has 0 aliphatic carbocycles. The summed E-state index contributed by atoms with van der Waals surface area (Å²) in [6.45, 7) is 7.72. The van der Waals surface area contributed by atoms with Crippen LogP contribution in [-0.2, 0) is 10.2 Å². The second-order valence-electron chi connectivity index (χ2n) is 5.76. The van der Waals surface area contributed by atoms with E-state index in [2.05, 4.69) is 48.8 Å². The Morgan fingerprint density at radius 3 is 2.65 bits per heavy atom. The average molecular weight is 317 g/mol. The van der Waals surface area contributed by atoms with Crippen molar-refractivity contribution < 1.29 is 4.74 Å². The number of hydrogen-bond acceptors (Lipinski definition) is 2. The summed E-state index contributed by atoms with van der Waals surface area (Å²) < 4.78 is 5.85. The smallest absolute Gasteiger partial charge is 0.0750 e. The van der Waals surface area contributed by atoms with Crippen LogP contribution in [0.4, 0.5) is 0 Å². The fourth-order valence-corrected chi connectivity index (χ4v) is 4.03. The molecule has 1 aliphatic rings. The molecule has 0 saturated carbocycles. The Balaban J connectivity index is 2.08. The van der Waals surface area contributed by atoms with Gasteiger partial charge in [-0.25, -0.2) is 0 Å². The van der Waals surface area contributed by atoms with E-state index in [1.807, 2.05) is 11.3 Å². The highest BCUT2D eigenvalue weighted by Crippen LogP contribution is 2.39. The molecule has 0 radical (unpaired) electrons. The van der Waals surface area contributed by atoms with Gasteiger partial charge in [0.2, 0.25) is 0 Å². The molecule has 1 aromatic heterocycles. The van der Waals surface area contributed by atoms with Gasteiger partial charge in [0.1, 0.15) is 0 Å². The van der Waals surface area contributed by atoms with Crippen LogP contribution in [0.3, 0.4) is 0 Å². The number of thiophene rings is 1. The van der Waals surface area contributed by atoms with Crippen molar-refractivity contribution in [3.05, 3.63) is 21.9 Å². The highest BCUT2D eigenvalue weighted by atomic mass is 79.9. The van der Waals surface area contributed by atoms with Gasteiger partial charge >= 0.3 is 0 Å². The quantitative estimate of drug-likeness (QED) is 0.694. The lowest BCUT2D eigenvalue weighted by Crippen LogP contribution is -2.22. The van der Waals surface area contributed by atoms with Gasteiger partial charge in [-0.3, -0.25) is 0 Å². The van der Waals surface area contributed by atoms with Crippen LogP contribution in [0.25, 0.3) is 0 Å². The van der Waals surface area contributed by atoms with Crippen molar-refractivity contribution in [3.8, 4) is 0 Å². The van der Waals surface area contributed by atoms with Crippen LogP contribution in [0.5, 0.6) is 0 Å². The van der Waals surface area contributed by atoms with Crippen molar-refractivity contribution in [2.24, 2.45) is 0 Å². The van der Waals surface area contributed by atoms with E-state index >= 15 is 0 Å². The summed E-state index contributed by atoms with van der Waals surface area (Å²) in [7, 11) is 0. The second-order valence-corrected chi connectivity index (χ2v) is 7.86. The molecule has 3 heteroatoms. The van der Waals surface area contributed by atoms with Crippen LogP contribution in [-0.4, -0.2) is 12.7 Å². The van der Waals surface area contributed by atoms with Gasteiger partial charge in [-0.15, -0.1) is 11.3 Å². The number of ether oxygens (including phenoxy) is 1. The lowest BCUT2D eigenvalue weighted by atomic mass is 9.95. The highest BCUT2D eigenvalue weighted by molar-refractivity contribution is 9.09. The molecule has 1 aliphatic heterocycles. The van der Waals surface area contributed by atoms with Crippen LogP contribution in [0.2, 0.25) is 0 Å². The van der Waals surface area contributed by atoms with Crippen LogP contribution >= 0.6 is 27.3 Å². The van der Waals surface area contributed by atoms with Crippen LogP contribution in [0, 0.1) is 0 Å². The minimum absolute atomic E-state index is 0.253. The first-order valence-electron chi connectivity index (χ1n) is 6.34. The Bertz CT molecular complexity index is 361. The molecule has 2 rings (SSSR count). The maximum Gasteiger partial charge on any atom is 0.0750 e. The van der Waals surface area contributed by atoms with Gasteiger partial charge in [0, 0.05) is 16.4 Å². The molecule has 1 aromatic rings. The summed E-state index contributed by atoms with van der Waals surface area (Å²) >= 11 is 5.73. The van der Waals surface area contributed by atoms with Gasteiger partial charge in [0.05, 0.1) is 10.9 Å². The van der Waals surface area contributed by atoms with Crippen molar-refractivity contribution in [1.82, 2.24) is 0 Å². The van der Waals surface area contributed by atoms with Gasteiger partial charge in [0.25, 0.3) is 0 Å². The first-order valence-corrected chi connectivity index (χ1v) is 8.07. The first-order chi connectivity index (χ1) is 7.98. The normalized spacial score (nSPS) is 23.6. The fraction of sp³-hybridized carbons (Fsp3) is 0.714. The predicted octanol–water partition coefficient (Wildman–Crippen LogP) is 5.05. The third-order valence-electron chi connectivity index (χ3n) is 3.18. The Labute approximate surface area is 117 Å². The number of hydrogen-bond donors (Lipinski definition) is 0. The Kier molecular flexibility index (Phi) is 4.32. The number of alkyl halides is 1. The maximum atomic E-state index is 5.85. The van der Waals surface area contributed by atoms with E-state index < -0.39 is 0 Å². The number of halogens is 1. The summed E-state index contributed by atoms with van der Waals surface area (Å²) in [6.07, 6.45) is 4.05. The van der Waals surface area contributed by atoms with Crippen molar-refractivity contribution in [2.45, 2.75) is 56.4 Å². The fourth-order valence-electron chi connectivity index (χ4n) is 2.08. The molecule has 96 valence electrons. The standard InChI is InChI=1S/C14H21BrOS/c1-14(2,3)12-8-7-11(17-12)13(15)10-6-4-5-9-16-10/h7-8,10,13H,4-6,9H2,1-3H3. The van der Waals surface area contributed by atoms with E-state index in [0.717, 1.165) is 6.61 Å². The maximum absolute atomic E-state index is 5.85. The molecular weight excluding hydrogens is 296 g/mol. The average Bonchev–Trinajstić information content (AvgIpc) is 2.78. The van der Waals surface area contributed by atoms with Crippen molar-refractivity contribution >= 4 is 27.3 Å².